The molecule has 0 saturated heterocycles. The molecule has 2 aromatic heterocycles. The summed E-state index contributed by atoms with van der Waals surface area (Å²) in [5.41, 5.74) is 0.828. The summed E-state index contributed by atoms with van der Waals surface area (Å²) in [6.45, 7) is 5.49. The van der Waals surface area contributed by atoms with Crippen LogP contribution in [0.25, 0.3) is 5.82 Å². The van der Waals surface area contributed by atoms with Crippen LogP contribution in [0.4, 0.5) is 18.9 Å². The monoisotopic (exact) mass is 503 g/mol. The van der Waals surface area contributed by atoms with Gasteiger partial charge in [0.1, 0.15) is 11.6 Å². The van der Waals surface area contributed by atoms with Crippen molar-refractivity contribution in [3.8, 4) is 17.4 Å². The van der Waals surface area contributed by atoms with Gasteiger partial charge in [-0.3, -0.25) is 4.72 Å². The van der Waals surface area contributed by atoms with Crippen molar-refractivity contribution in [2.75, 3.05) is 4.72 Å². The molecule has 0 aliphatic carbocycles. The van der Waals surface area contributed by atoms with E-state index in [1.807, 2.05) is 19.9 Å². The lowest BCUT2D eigenvalue weighted by Crippen LogP contribution is -2.14. The van der Waals surface area contributed by atoms with E-state index < -0.39 is 26.7 Å². The number of aryl methyl sites for hydroxylation is 3. The van der Waals surface area contributed by atoms with E-state index in [9.17, 15) is 21.6 Å². The van der Waals surface area contributed by atoms with Crippen LogP contribution in [0.2, 0.25) is 0 Å². The van der Waals surface area contributed by atoms with Crippen LogP contribution in [0.5, 0.6) is 11.6 Å². The predicted molar refractivity (Wildman–Crippen MR) is 122 cm³/mol. The minimum atomic E-state index is -4.65. The van der Waals surface area contributed by atoms with Crippen LogP contribution < -0.4 is 9.46 Å². The molecular formula is C23H20F3N5O3S. The third-order valence-electron chi connectivity index (χ3n) is 4.83. The summed E-state index contributed by atoms with van der Waals surface area (Å²) >= 11 is 0. The number of ether oxygens (including phenoxy) is 1. The third kappa shape index (κ3) is 5.60. The average Bonchev–Trinajstić information content (AvgIpc) is 3.12. The maximum atomic E-state index is 12.9. The topological polar surface area (TPSA) is 99.0 Å². The van der Waals surface area contributed by atoms with Gasteiger partial charge < -0.3 is 4.74 Å². The Kier molecular flexibility index (Phi) is 6.24. The third-order valence-corrected chi connectivity index (χ3v) is 6.21. The second-order valence-corrected chi connectivity index (χ2v) is 9.39. The molecule has 0 fully saturated rings. The van der Waals surface area contributed by atoms with Crippen molar-refractivity contribution in [3.63, 3.8) is 0 Å². The van der Waals surface area contributed by atoms with E-state index in [0.29, 0.717) is 23.5 Å². The molecule has 0 bridgehead atoms. The van der Waals surface area contributed by atoms with E-state index in [1.54, 1.807) is 17.7 Å². The second kappa shape index (κ2) is 9.02. The first kappa shape index (κ1) is 24.2. The first-order valence-corrected chi connectivity index (χ1v) is 11.8. The second-order valence-electron chi connectivity index (χ2n) is 7.71. The number of halogens is 3. The summed E-state index contributed by atoms with van der Waals surface area (Å²) in [6.07, 6.45) is -4.65. The SMILES string of the molecule is Cc1cc(C)n(-c2cc(Oc3ccc(NS(=O)(=O)c4cccc(C(F)(F)F)c4)cc3)nc(C)n2)n1. The lowest BCUT2D eigenvalue weighted by atomic mass is 10.2. The van der Waals surface area contributed by atoms with Crippen LogP contribution >= 0.6 is 0 Å². The number of hydrogen-bond acceptors (Lipinski definition) is 6. The Balaban J connectivity index is 1.52. The fourth-order valence-electron chi connectivity index (χ4n) is 3.31. The fraction of sp³-hybridized carbons (Fsp3) is 0.174. The van der Waals surface area contributed by atoms with Gasteiger partial charge in [-0.1, -0.05) is 6.07 Å². The maximum Gasteiger partial charge on any atom is 0.416 e. The summed E-state index contributed by atoms with van der Waals surface area (Å²) in [7, 11) is -4.23. The van der Waals surface area contributed by atoms with Crippen molar-refractivity contribution >= 4 is 15.7 Å². The Hall–Kier alpha value is -3.93. The Labute approximate surface area is 199 Å². The smallest absolute Gasteiger partial charge is 0.416 e. The van der Waals surface area contributed by atoms with E-state index in [0.717, 1.165) is 29.6 Å². The highest BCUT2D eigenvalue weighted by Crippen LogP contribution is 2.31. The number of nitrogens with zero attached hydrogens (tertiary/aromatic N) is 4. The zero-order valence-corrected chi connectivity index (χ0v) is 19.6. The van der Waals surface area contributed by atoms with Crippen molar-refractivity contribution in [1.29, 1.82) is 0 Å². The standard InChI is InChI=1S/C23H20F3N5O3S/c1-14-11-15(2)31(29-14)21-13-22(28-16(3)27-21)34-19-9-7-18(8-10-19)30-35(32,33)20-6-4-5-17(12-20)23(24,25)26/h4-13,30H,1-3H3. The van der Waals surface area contributed by atoms with E-state index >= 15 is 0 Å². The molecule has 0 amide bonds. The minimum absolute atomic E-state index is 0.150. The van der Waals surface area contributed by atoms with E-state index in [4.69, 9.17) is 4.74 Å². The lowest BCUT2D eigenvalue weighted by Gasteiger charge is -2.12. The van der Waals surface area contributed by atoms with Crippen molar-refractivity contribution in [3.05, 3.63) is 83.4 Å². The quantitative estimate of drug-likeness (QED) is 0.388. The molecule has 0 unspecified atom stereocenters. The number of anilines is 1. The molecule has 0 saturated carbocycles. The molecule has 35 heavy (non-hydrogen) atoms. The van der Waals surface area contributed by atoms with Gasteiger partial charge in [0.2, 0.25) is 5.88 Å². The van der Waals surface area contributed by atoms with Crippen LogP contribution in [0, 0.1) is 20.8 Å². The summed E-state index contributed by atoms with van der Waals surface area (Å²) in [5, 5.41) is 4.40. The molecule has 8 nitrogen and oxygen atoms in total. The molecule has 2 heterocycles. The van der Waals surface area contributed by atoms with E-state index in [-0.39, 0.29) is 11.6 Å². The van der Waals surface area contributed by atoms with Crippen LogP contribution in [0.15, 0.2) is 65.6 Å². The van der Waals surface area contributed by atoms with Crippen molar-refractivity contribution < 1.29 is 26.3 Å². The molecule has 0 aliphatic heterocycles. The van der Waals surface area contributed by atoms with Gasteiger partial charge in [0.25, 0.3) is 10.0 Å². The molecule has 0 radical (unpaired) electrons. The molecule has 182 valence electrons. The fourth-order valence-corrected chi connectivity index (χ4v) is 4.42. The van der Waals surface area contributed by atoms with Gasteiger partial charge in [-0.15, -0.1) is 0 Å². The summed E-state index contributed by atoms with van der Waals surface area (Å²) < 4.78 is 73.6. The van der Waals surface area contributed by atoms with E-state index in [1.165, 1.54) is 24.3 Å². The number of benzene rings is 2. The van der Waals surface area contributed by atoms with Crippen LogP contribution in [-0.4, -0.2) is 28.2 Å². The van der Waals surface area contributed by atoms with Crippen LogP contribution in [0.1, 0.15) is 22.8 Å². The molecule has 0 atom stereocenters. The highest BCUT2D eigenvalue weighted by atomic mass is 32.2. The zero-order valence-electron chi connectivity index (χ0n) is 18.8. The van der Waals surface area contributed by atoms with Crippen LogP contribution in [-0.2, 0) is 16.2 Å². The molecular weight excluding hydrogens is 483 g/mol. The highest BCUT2D eigenvalue weighted by Gasteiger charge is 2.31. The van der Waals surface area contributed by atoms with Gasteiger partial charge in [0.15, 0.2) is 5.82 Å². The zero-order chi connectivity index (χ0) is 25.4. The number of hydrogen-bond donors (Lipinski definition) is 1. The summed E-state index contributed by atoms with van der Waals surface area (Å²) in [4.78, 5) is 8.15. The molecule has 4 rings (SSSR count). The van der Waals surface area contributed by atoms with Gasteiger partial charge in [0.05, 0.1) is 16.2 Å². The van der Waals surface area contributed by atoms with Gasteiger partial charge in [-0.2, -0.15) is 23.3 Å². The molecule has 0 aliphatic rings. The molecule has 1 N–H and O–H groups in total. The van der Waals surface area contributed by atoms with Crippen LogP contribution in [0.3, 0.4) is 0 Å². The Morgan fingerprint density at radius 1 is 0.943 bits per heavy atom. The summed E-state index contributed by atoms with van der Waals surface area (Å²) in [5.74, 6) is 1.63. The first-order chi connectivity index (χ1) is 16.4. The molecule has 0 spiro atoms. The number of alkyl halides is 3. The number of nitrogens with one attached hydrogen (secondary N) is 1. The predicted octanol–water partition coefficient (Wildman–Crippen LogP) is 5.20. The Morgan fingerprint density at radius 2 is 1.66 bits per heavy atom. The Bertz CT molecular complexity index is 1480. The van der Waals surface area contributed by atoms with Gasteiger partial charge in [-0.05, 0) is 69.3 Å². The summed E-state index contributed by atoms with van der Waals surface area (Å²) in [6, 6.07) is 12.9. The Morgan fingerprint density at radius 3 is 2.29 bits per heavy atom. The van der Waals surface area contributed by atoms with E-state index in [2.05, 4.69) is 19.8 Å². The van der Waals surface area contributed by atoms with Gasteiger partial charge >= 0.3 is 6.18 Å². The first-order valence-electron chi connectivity index (χ1n) is 10.3. The number of aromatic nitrogens is 4. The maximum absolute atomic E-state index is 12.9. The average molecular weight is 504 g/mol. The van der Waals surface area contributed by atoms with Gasteiger partial charge in [0, 0.05) is 17.4 Å². The largest absolute Gasteiger partial charge is 0.439 e. The van der Waals surface area contributed by atoms with Crippen molar-refractivity contribution in [1.82, 2.24) is 19.7 Å². The van der Waals surface area contributed by atoms with Gasteiger partial charge in [-0.25, -0.2) is 18.1 Å². The lowest BCUT2D eigenvalue weighted by molar-refractivity contribution is -0.137. The molecule has 12 heteroatoms. The normalized spacial score (nSPS) is 11.9. The van der Waals surface area contributed by atoms with Crippen molar-refractivity contribution in [2.45, 2.75) is 31.8 Å². The van der Waals surface area contributed by atoms with Crippen molar-refractivity contribution in [2.24, 2.45) is 0 Å². The highest BCUT2D eigenvalue weighted by molar-refractivity contribution is 7.92. The molecule has 4 aromatic rings. The number of sulfonamides is 1. The number of rotatable bonds is 6. The minimum Gasteiger partial charge on any atom is -0.439 e. The molecule has 2 aromatic carbocycles.